The minimum atomic E-state index is 0. The molecular formula is C10H15BrClNO2. The highest BCUT2D eigenvalue weighted by Crippen LogP contribution is 2.16. The molecule has 0 aromatic heterocycles. The second-order valence-electron chi connectivity index (χ2n) is 2.88. The van der Waals surface area contributed by atoms with Crippen molar-refractivity contribution in [2.24, 2.45) is 5.90 Å². The first-order valence-electron chi connectivity index (χ1n) is 4.53. The third kappa shape index (κ3) is 6.73. The summed E-state index contributed by atoms with van der Waals surface area (Å²) in [5.41, 5.74) is 0. The number of hydrogen-bond donors (Lipinski definition) is 1. The molecule has 0 atom stereocenters. The number of benzene rings is 1. The molecule has 2 N–H and O–H groups in total. The molecule has 1 rings (SSSR count). The van der Waals surface area contributed by atoms with Gasteiger partial charge in [-0.1, -0.05) is 15.9 Å². The first-order valence-corrected chi connectivity index (χ1v) is 5.32. The first kappa shape index (κ1) is 14.7. The predicted molar refractivity (Wildman–Crippen MR) is 66.3 cm³/mol. The second kappa shape index (κ2) is 8.97. The highest BCUT2D eigenvalue weighted by molar-refractivity contribution is 9.10. The van der Waals surface area contributed by atoms with Crippen molar-refractivity contribution in [3.8, 4) is 5.75 Å². The largest absolute Gasteiger partial charge is 0.494 e. The fourth-order valence-electron chi connectivity index (χ4n) is 1.01. The lowest BCUT2D eigenvalue weighted by atomic mass is 10.3. The highest BCUT2D eigenvalue weighted by Gasteiger charge is 1.93. The lowest BCUT2D eigenvalue weighted by molar-refractivity contribution is 0.129. The van der Waals surface area contributed by atoms with Crippen molar-refractivity contribution in [1.29, 1.82) is 0 Å². The Morgan fingerprint density at radius 2 is 1.67 bits per heavy atom. The van der Waals surface area contributed by atoms with Gasteiger partial charge in [0.1, 0.15) is 5.75 Å². The summed E-state index contributed by atoms with van der Waals surface area (Å²) in [6.45, 7) is 1.29. The predicted octanol–water partition coefficient (Wildman–Crippen LogP) is 2.92. The third-order valence-corrected chi connectivity index (χ3v) is 2.27. The van der Waals surface area contributed by atoms with E-state index in [1.54, 1.807) is 0 Å². The molecule has 3 nitrogen and oxygen atoms in total. The van der Waals surface area contributed by atoms with Gasteiger partial charge in [-0.3, -0.25) is 0 Å². The van der Waals surface area contributed by atoms with Gasteiger partial charge >= 0.3 is 0 Å². The SMILES string of the molecule is Cl.NOCCCCOc1ccc(Br)cc1. The van der Waals surface area contributed by atoms with Gasteiger partial charge in [-0.15, -0.1) is 12.4 Å². The van der Waals surface area contributed by atoms with E-state index >= 15 is 0 Å². The summed E-state index contributed by atoms with van der Waals surface area (Å²) in [7, 11) is 0. The maximum Gasteiger partial charge on any atom is 0.119 e. The molecule has 5 heteroatoms. The van der Waals surface area contributed by atoms with E-state index in [0.717, 1.165) is 23.1 Å². The van der Waals surface area contributed by atoms with Crippen LogP contribution in [-0.2, 0) is 4.84 Å². The maximum atomic E-state index is 5.49. The molecule has 0 fully saturated rings. The average molecular weight is 297 g/mol. The zero-order valence-corrected chi connectivity index (χ0v) is 10.7. The molecule has 0 bridgehead atoms. The number of rotatable bonds is 6. The third-order valence-electron chi connectivity index (χ3n) is 1.74. The minimum Gasteiger partial charge on any atom is -0.494 e. The monoisotopic (exact) mass is 295 g/mol. The first-order chi connectivity index (χ1) is 6.83. The standard InChI is InChI=1S/C10H14BrNO2.ClH/c11-9-3-5-10(6-4-9)13-7-1-2-8-14-12;/h3-6H,1-2,7-8,12H2;1H. The molecule has 0 unspecified atom stereocenters. The van der Waals surface area contributed by atoms with Crippen LogP contribution < -0.4 is 10.6 Å². The smallest absolute Gasteiger partial charge is 0.119 e. The van der Waals surface area contributed by atoms with E-state index in [0.29, 0.717) is 13.2 Å². The molecule has 0 spiro atoms. The molecule has 1 aromatic carbocycles. The van der Waals surface area contributed by atoms with Gasteiger partial charge in [0.05, 0.1) is 13.2 Å². The number of unbranched alkanes of at least 4 members (excludes halogenated alkanes) is 1. The van der Waals surface area contributed by atoms with E-state index in [4.69, 9.17) is 10.6 Å². The van der Waals surface area contributed by atoms with Crippen molar-refractivity contribution in [3.63, 3.8) is 0 Å². The van der Waals surface area contributed by atoms with Crippen LogP contribution in [0.25, 0.3) is 0 Å². The van der Waals surface area contributed by atoms with Gasteiger partial charge in [0.15, 0.2) is 0 Å². The summed E-state index contributed by atoms with van der Waals surface area (Å²) in [4.78, 5) is 4.45. The number of halogens is 2. The summed E-state index contributed by atoms with van der Waals surface area (Å²) >= 11 is 3.36. The van der Waals surface area contributed by atoms with Crippen LogP contribution in [0.2, 0.25) is 0 Å². The molecule has 1 aromatic rings. The summed E-state index contributed by atoms with van der Waals surface area (Å²) < 4.78 is 6.55. The molecule has 0 radical (unpaired) electrons. The summed E-state index contributed by atoms with van der Waals surface area (Å²) in [6.07, 6.45) is 1.88. The van der Waals surface area contributed by atoms with Crippen molar-refractivity contribution in [2.45, 2.75) is 12.8 Å². The zero-order valence-electron chi connectivity index (χ0n) is 8.32. The van der Waals surface area contributed by atoms with Crippen LogP contribution >= 0.6 is 28.3 Å². The molecule has 0 aliphatic carbocycles. The van der Waals surface area contributed by atoms with Crippen molar-refractivity contribution < 1.29 is 9.57 Å². The number of ether oxygens (including phenoxy) is 1. The quantitative estimate of drug-likeness (QED) is 0.648. The van der Waals surface area contributed by atoms with Crippen LogP contribution in [0.3, 0.4) is 0 Å². The Morgan fingerprint density at radius 1 is 1.07 bits per heavy atom. The lowest BCUT2D eigenvalue weighted by Gasteiger charge is -2.05. The molecule has 0 saturated carbocycles. The zero-order chi connectivity index (χ0) is 10.2. The van der Waals surface area contributed by atoms with Crippen LogP contribution in [0.15, 0.2) is 28.7 Å². The van der Waals surface area contributed by atoms with Gasteiger partial charge < -0.3 is 9.57 Å². The lowest BCUT2D eigenvalue weighted by Crippen LogP contribution is -2.03. The van der Waals surface area contributed by atoms with Crippen LogP contribution in [0.1, 0.15) is 12.8 Å². The summed E-state index contributed by atoms with van der Waals surface area (Å²) in [5.74, 6) is 5.78. The summed E-state index contributed by atoms with van der Waals surface area (Å²) in [5, 5.41) is 0. The normalized spacial score (nSPS) is 9.47. The molecule has 15 heavy (non-hydrogen) atoms. The Hall–Kier alpha value is -0.290. The van der Waals surface area contributed by atoms with E-state index in [9.17, 15) is 0 Å². The number of hydrogen-bond acceptors (Lipinski definition) is 3. The van der Waals surface area contributed by atoms with E-state index < -0.39 is 0 Å². The maximum absolute atomic E-state index is 5.49. The van der Waals surface area contributed by atoms with Gasteiger partial charge in [-0.2, -0.15) is 0 Å². The fourth-order valence-corrected chi connectivity index (χ4v) is 1.27. The Kier molecular flexibility index (Phi) is 8.80. The van der Waals surface area contributed by atoms with Crippen molar-refractivity contribution in [2.75, 3.05) is 13.2 Å². The molecule has 86 valence electrons. The van der Waals surface area contributed by atoms with E-state index in [-0.39, 0.29) is 12.4 Å². The summed E-state index contributed by atoms with van der Waals surface area (Å²) in [6, 6.07) is 7.78. The van der Waals surface area contributed by atoms with Crippen LogP contribution in [0.5, 0.6) is 5.75 Å². The van der Waals surface area contributed by atoms with Gasteiger partial charge in [0.2, 0.25) is 0 Å². The molecule has 0 amide bonds. The minimum absolute atomic E-state index is 0. The van der Waals surface area contributed by atoms with E-state index in [2.05, 4.69) is 20.8 Å². The Labute approximate surface area is 104 Å². The fraction of sp³-hybridized carbons (Fsp3) is 0.400. The molecule has 0 saturated heterocycles. The molecule has 0 aliphatic rings. The van der Waals surface area contributed by atoms with E-state index in [1.165, 1.54) is 0 Å². The number of nitrogens with two attached hydrogens (primary N) is 1. The van der Waals surface area contributed by atoms with Gasteiger partial charge in [0.25, 0.3) is 0 Å². The molecule has 0 heterocycles. The Balaban J connectivity index is 0.00000196. The van der Waals surface area contributed by atoms with Crippen LogP contribution in [0.4, 0.5) is 0 Å². The Bertz CT molecular complexity index is 256. The van der Waals surface area contributed by atoms with Crippen LogP contribution in [0, 0.1) is 0 Å². The van der Waals surface area contributed by atoms with Crippen LogP contribution in [-0.4, -0.2) is 13.2 Å². The molecule has 0 aliphatic heterocycles. The Morgan fingerprint density at radius 3 is 2.27 bits per heavy atom. The molecular weight excluding hydrogens is 281 g/mol. The van der Waals surface area contributed by atoms with Gasteiger partial charge in [-0.25, -0.2) is 5.90 Å². The topological polar surface area (TPSA) is 44.5 Å². The second-order valence-corrected chi connectivity index (χ2v) is 3.80. The van der Waals surface area contributed by atoms with Crippen molar-refractivity contribution in [3.05, 3.63) is 28.7 Å². The van der Waals surface area contributed by atoms with Gasteiger partial charge in [0, 0.05) is 4.47 Å². The van der Waals surface area contributed by atoms with Crippen molar-refractivity contribution >= 4 is 28.3 Å². The van der Waals surface area contributed by atoms with E-state index in [1.807, 2.05) is 24.3 Å². The average Bonchev–Trinajstić information content (AvgIpc) is 2.21. The highest BCUT2D eigenvalue weighted by atomic mass is 79.9. The van der Waals surface area contributed by atoms with Crippen molar-refractivity contribution in [1.82, 2.24) is 0 Å². The van der Waals surface area contributed by atoms with Gasteiger partial charge in [-0.05, 0) is 37.1 Å².